The highest BCUT2D eigenvalue weighted by atomic mass is 16.5. The molecule has 1 saturated heterocycles. The van der Waals surface area contributed by atoms with Gasteiger partial charge in [0.1, 0.15) is 18.6 Å². The number of nitrogens with zero attached hydrogens (tertiary/aromatic N) is 1. The van der Waals surface area contributed by atoms with Gasteiger partial charge < -0.3 is 19.4 Å². The quantitative estimate of drug-likeness (QED) is 0.757. The molecule has 0 saturated carbocycles. The lowest BCUT2D eigenvalue weighted by molar-refractivity contribution is -0.120. The summed E-state index contributed by atoms with van der Waals surface area (Å²) in [5.41, 5.74) is 0.587. The maximum absolute atomic E-state index is 11.6. The average molecular weight is 293 g/mol. The molecule has 116 valence electrons. The first kappa shape index (κ1) is 15.9. The van der Waals surface area contributed by atoms with E-state index < -0.39 is 5.54 Å². The maximum atomic E-state index is 11.6. The molecule has 5 heteroatoms. The van der Waals surface area contributed by atoms with Crippen LogP contribution < -0.4 is 4.74 Å². The summed E-state index contributed by atoms with van der Waals surface area (Å²) < 4.78 is 10.7. The lowest BCUT2D eigenvalue weighted by Crippen LogP contribution is -2.54. The summed E-state index contributed by atoms with van der Waals surface area (Å²) in [5.74, 6) is 0.729. The SMILES string of the molecule is CC(C=O)(Cc1ccc(OCCO)cc1)N1CCOCC1. The Hall–Kier alpha value is -1.43. The molecule has 1 aromatic carbocycles. The van der Waals surface area contributed by atoms with Crippen LogP contribution in [0.4, 0.5) is 0 Å². The van der Waals surface area contributed by atoms with E-state index in [4.69, 9.17) is 14.6 Å². The van der Waals surface area contributed by atoms with Crippen LogP contribution in [0.2, 0.25) is 0 Å². The largest absolute Gasteiger partial charge is 0.491 e. The molecule has 0 amide bonds. The first-order valence-electron chi connectivity index (χ1n) is 7.30. The van der Waals surface area contributed by atoms with Crippen LogP contribution in [0.1, 0.15) is 12.5 Å². The van der Waals surface area contributed by atoms with Crippen molar-refractivity contribution in [3.8, 4) is 5.75 Å². The molecule has 1 heterocycles. The molecule has 1 aromatic rings. The number of hydrogen-bond donors (Lipinski definition) is 1. The van der Waals surface area contributed by atoms with Crippen molar-refractivity contribution in [2.45, 2.75) is 18.9 Å². The van der Waals surface area contributed by atoms with Gasteiger partial charge in [-0.15, -0.1) is 0 Å². The Morgan fingerprint density at radius 1 is 1.33 bits per heavy atom. The van der Waals surface area contributed by atoms with Gasteiger partial charge in [0.05, 0.1) is 25.4 Å². The number of aliphatic hydroxyl groups excluding tert-OH is 1. The molecular weight excluding hydrogens is 270 g/mol. The summed E-state index contributed by atoms with van der Waals surface area (Å²) in [5, 5.41) is 8.73. The number of aldehydes is 1. The summed E-state index contributed by atoms with van der Waals surface area (Å²) in [4.78, 5) is 13.8. The normalized spacial score (nSPS) is 19.0. The van der Waals surface area contributed by atoms with Gasteiger partial charge in [-0.3, -0.25) is 4.90 Å². The monoisotopic (exact) mass is 293 g/mol. The molecule has 0 aromatic heterocycles. The molecular formula is C16H23NO4. The molecule has 21 heavy (non-hydrogen) atoms. The highest BCUT2D eigenvalue weighted by Crippen LogP contribution is 2.22. The Morgan fingerprint density at radius 2 is 2.00 bits per heavy atom. The number of rotatable bonds is 7. The Labute approximate surface area is 125 Å². The minimum absolute atomic E-state index is 0.00198. The Balaban J connectivity index is 2.01. The van der Waals surface area contributed by atoms with Gasteiger partial charge in [-0.25, -0.2) is 0 Å². The van der Waals surface area contributed by atoms with Crippen LogP contribution in [0.3, 0.4) is 0 Å². The molecule has 0 spiro atoms. The van der Waals surface area contributed by atoms with Gasteiger partial charge in [0, 0.05) is 13.1 Å². The third-order valence-electron chi connectivity index (χ3n) is 3.83. The topological polar surface area (TPSA) is 59.0 Å². The maximum Gasteiger partial charge on any atom is 0.140 e. The van der Waals surface area contributed by atoms with E-state index >= 15 is 0 Å². The van der Waals surface area contributed by atoms with Crippen LogP contribution in [-0.4, -0.2) is 61.3 Å². The van der Waals surface area contributed by atoms with E-state index in [-0.39, 0.29) is 6.61 Å². The van der Waals surface area contributed by atoms with Gasteiger partial charge in [-0.2, -0.15) is 0 Å². The molecule has 5 nitrogen and oxygen atoms in total. The number of ether oxygens (including phenoxy) is 2. The fraction of sp³-hybridized carbons (Fsp3) is 0.562. The van der Waals surface area contributed by atoms with E-state index in [2.05, 4.69) is 4.90 Å². The highest BCUT2D eigenvalue weighted by Gasteiger charge is 2.32. The molecule has 1 N–H and O–H groups in total. The molecule has 0 radical (unpaired) electrons. The zero-order chi connectivity index (χ0) is 15.1. The molecule has 0 aliphatic carbocycles. The number of benzene rings is 1. The third-order valence-corrected chi connectivity index (χ3v) is 3.83. The Morgan fingerprint density at radius 3 is 2.57 bits per heavy atom. The van der Waals surface area contributed by atoms with Gasteiger partial charge >= 0.3 is 0 Å². The third kappa shape index (κ3) is 4.27. The van der Waals surface area contributed by atoms with E-state index in [9.17, 15) is 4.79 Å². The van der Waals surface area contributed by atoms with E-state index in [1.165, 1.54) is 0 Å². The summed E-state index contributed by atoms with van der Waals surface area (Å²) in [6, 6.07) is 7.68. The second-order valence-corrected chi connectivity index (χ2v) is 5.47. The van der Waals surface area contributed by atoms with Crippen LogP contribution in [0.25, 0.3) is 0 Å². The molecule has 1 aliphatic rings. The zero-order valence-corrected chi connectivity index (χ0v) is 12.5. The smallest absolute Gasteiger partial charge is 0.140 e. The standard InChI is InChI=1S/C16H23NO4/c1-16(13-19,17-6-9-20-10-7-17)12-14-2-4-15(5-3-14)21-11-8-18/h2-5,13,18H,6-12H2,1H3. The first-order chi connectivity index (χ1) is 10.2. The molecule has 1 aliphatic heterocycles. The van der Waals surface area contributed by atoms with E-state index in [1.54, 1.807) is 0 Å². The van der Waals surface area contributed by atoms with Crippen molar-refractivity contribution >= 4 is 6.29 Å². The van der Waals surface area contributed by atoms with Crippen molar-refractivity contribution in [2.24, 2.45) is 0 Å². The van der Waals surface area contributed by atoms with Crippen LogP contribution in [0.5, 0.6) is 5.75 Å². The van der Waals surface area contributed by atoms with Crippen LogP contribution in [-0.2, 0) is 16.0 Å². The van der Waals surface area contributed by atoms with Gasteiger partial charge in [-0.05, 0) is 31.0 Å². The van der Waals surface area contributed by atoms with Crippen LogP contribution >= 0.6 is 0 Å². The van der Waals surface area contributed by atoms with E-state index in [0.29, 0.717) is 26.2 Å². The summed E-state index contributed by atoms with van der Waals surface area (Å²) in [6.45, 7) is 5.19. The van der Waals surface area contributed by atoms with Crippen molar-refractivity contribution in [1.29, 1.82) is 0 Å². The highest BCUT2D eigenvalue weighted by molar-refractivity contribution is 5.64. The van der Waals surface area contributed by atoms with Crippen LogP contribution in [0.15, 0.2) is 24.3 Å². The van der Waals surface area contributed by atoms with Crippen molar-refractivity contribution in [3.63, 3.8) is 0 Å². The number of aliphatic hydroxyl groups is 1. The average Bonchev–Trinajstić information content (AvgIpc) is 2.55. The van der Waals surface area contributed by atoms with E-state index in [0.717, 1.165) is 30.7 Å². The zero-order valence-electron chi connectivity index (χ0n) is 12.5. The Kier molecular flexibility index (Phi) is 5.73. The van der Waals surface area contributed by atoms with Crippen molar-refractivity contribution in [2.75, 3.05) is 39.5 Å². The van der Waals surface area contributed by atoms with E-state index in [1.807, 2.05) is 31.2 Å². The lowest BCUT2D eigenvalue weighted by Gasteiger charge is -2.39. The predicted octanol–water partition coefficient (Wildman–Crippen LogP) is 0.890. The van der Waals surface area contributed by atoms with Gasteiger partial charge in [0.2, 0.25) is 0 Å². The fourth-order valence-electron chi connectivity index (χ4n) is 2.58. The number of carbonyl (C=O) groups is 1. The summed E-state index contributed by atoms with van der Waals surface area (Å²) in [6.07, 6.45) is 1.70. The Bertz CT molecular complexity index is 442. The van der Waals surface area contributed by atoms with Crippen molar-refractivity contribution in [3.05, 3.63) is 29.8 Å². The van der Waals surface area contributed by atoms with Gasteiger partial charge in [-0.1, -0.05) is 12.1 Å². The van der Waals surface area contributed by atoms with Gasteiger partial charge in [0.15, 0.2) is 0 Å². The minimum Gasteiger partial charge on any atom is -0.491 e. The molecule has 2 rings (SSSR count). The van der Waals surface area contributed by atoms with Crippen molar-refractivity contribution < 1.29 is 19.4 Å². The minimum atomic E-state index is -0.503. The number of hydrogen-bond acceptors (Lipinski definition) is 5. The van der Waals surface area contributed by atoms with Gasteiger partial charge in [0.25, 0.3) is 0 Å². The molecule has 1 unspecified atom stereocenters. The van der Waals surface area contributed by atoms with Crippen LogP contribution in [0, 0.1) is 0 Å². The van der Waals surface area contributed by atoms with Crippen molar-refractivity contribution in [1.82, 2.24) is 4.90 Å². The lowest BCUT2D eigenvalue weighted by atomic mass is 9.92. The predicted molar refractivity (Wildman–Crippen MR) is 79.6 cm³/mol. The fourth-order valence-corrected chi connectivity index (χ4v) is 2.58. The first-order valence-corrected chi connectivity index (χ1v) is 7.30. The number of morpholine rings is 1. The molecule has 1 fully saturated rings. The molecule has 0 bridgehead atoms. The molecule has 1 atom stereocenters. The summed E-state index contributed by atoms with van der Waals surface area (Å²) >= 11 is 0. The second kappa shape index (κ2) is 7.54. The number of carbonyl (C=O) groups excluding carboxylic acids is 1. The summed E-state index contributed by atoms with van der Waals surface area (Å²) in [7, 11) is 0. The second-order valence-electron chi connectivity index (χ2n) is 5.47.